The fourth-order valence-electron chi connectivity index (χ4n) is 6.49. The van der Waals surface area contributed by atoms with Gasteiger partial charge in [0.05, 0.1) is 13.2 Å². The van der Waals surface area contributed by atoms with E-state index in [4.69, 9.17) is 18.9 Å². The van der Waals surface area contributed by atoms with E-state index in [0.717, 1.165) is 62.7 Å². The van der Waals surface area contributed by atoms with Crippen LogP contribution in [-0.2, 0) is 4.74 Å². The van der Waals surface area contributed by atoms with E-state index in [-0.39, 0.29) is 6.23 Å². The van der Waals surface area contributed by atoms with Crippen molar-refractivity contribution >= 4 is 0 Å². The highest BCUT2D eigenvalue weighted by atomic mass is 16.7. The van der Waals surface area contributed by atoms with Crippen molar-refractivity contribution in [3.05, 3.63) is 17.7 Å². The van der Waals surface area contributed by atoms with E-state index in [1.807, 2.05) is 0 Å². The summed E-state index contributed by atoms with van der Waals surface area (Å²) in [5.41, 5.74) is 1.33. The van der Waals surface area contributed by atoms with Gasteiger partial charge < -0.3 is 23.8 Å². The van der Waals surface area contributed by atoms with Gasteiger partial charge in [0, 0.05) is 36.7 Å². The molecule has 0 bridgehead atoms. The van der Waals surface area contributed by atoms with Crippen LogP contribution < -0.4 is 14.2 Å². The largest absolute Gasteiger partial charge is 0.474 e. The molecule has 0 N–H and O–H groups in total. The lowest BCUT2D eigenvalue weighted by molar-refractivity contribution is -0.0873. The molecule has 5 rings (SSSR count). The van der Waals surface area contributed by atoms with E-state index in [1.54, 1.807) is 0 Å². The third kappa shape index (κ3) is 4.03. The Kier molecular flexibility index (Phi) is 6.31. The maximum atomic E-state index is 6.65. The monoisotopic (exact) mass is 430 g/mol. The number of fused-ring (bicyclic) bond motifs is 2. The maximum Gasteiger partial charge on any atom is 0.231 e. The third-order valence-electron chi connectivity index (χ3n) is 8.11. The lowest BCUT2D eigenvalue weighted by Gasteiger charge is -2.48. The first kappa shape index (κ1) is 21.4. The molecule has 31 heavy (non-hydrogen) atoms. The van der Waals surface area contributed by atoms with Gasteiger partial charge >= 0.3 is 0 Å². The van der Waals surface area contributed by atoms with Crippen LogP contribution in [0.15, 0.2) is 12.1 Å². The van der Waals surface area contributed by atoms with Gasteiger partial charge in [-0.25, -0.2) is 0 Å². The lowest BCUT2D eigenvalue weighted by Crippen LogP contribution is -2.53. The van der Waals surface area contributed by atoms with Crippen molar-refractivity contribution in [2.24, 2.45) is 11.8 Å². The van der Waals surface area contributed by atoms with Crippen LogP contribution >= 0.6 is 0 Å². The lowest BCUT2D eigenvalue weighted by atomic mass is 9.68. The van der Waals surface area contributed by atoms with Gasteiger partial charge in [-0.2, -0.15) is 0 Å². The molecule has 1 aliphatic carbocycles. The molecule has 1 saturated carbocycles. The van der Waals surface area contributed by atoms with Gasteiger partial charge in [-0.3, -0.25) is 4.90 Å². The van der Waals surface area contributed by atoms with Crippen LogP contribution in [0.1, 0.15) is 57.9 Å². The second-order valence-electron chi connectivity index (χ2n) is 9.57. The summed E-state index contributed by atoms with van der Waals surface area (Å²) in [7, 11) is 0. The van der Waals surface area contributed by atoms with Crippen LogP contribution in [0, 0.1) is 11.8 Å². The second kappa shape index (κ2) is 9.16. The zero-order valence-corrected chi connectivity index (χ0v) is 19.3. The number of hydrogen-bond donors (Lipinski definition) is 0. The van der Waals surface area contributed by atoms with E-state index < -0.39 is 0 Å². The van der Waals surface area contributed by atoms with E-state index in [1.165, 1.54) is 31.2 Å². The quantitative estimate of drug-likeness (QED) is 0.701. The molecular weight excluding hydrogens is 392 g/mol. The number of benzene rings is 1. The Balaban J connectivity index is 1.42. The molecule has 3 aliphatic heterocycles. The Labute approximate surface area is 186 Å². The predicted octanol–water partition coefficient (Wildman–Crippen LogP) is 4.09. The first-order chi connectivity index (χ1) is 15.2. The van der Waals surface area contributed by atoms with E-state index in [0.29, 0.717) is 24.5 Å². The molecule has 1 saturated heterocycles. The Morgan fingerprint density at radius 2 is 1.61 bits per heavy atom. The van der Waals surface area contributed by atoms with Crippen molar-refractivity contribution in [3.63, 3.8) is 0 Å². The van der Waals surface area contributed by atoms with Gasteiger partial charge in [0.15, 0.2) is 17.7 Å². The summed E-state index contributed by atoms with van der Waals surface area (Å²) in [4.78, 5) is 5.13. The highest BCUT2D eigenvalue weighted by Crippen LogP contribution is 2.52. The van der Waals surface area contributed by atoms with Gasteiger partial charge in [0.1, 0.15) is 5.75 Å². The molecule has 2 fully saturated rings. The molecule has 0 spiro atoms. The predicted molar refractivity (Wildman–Crippen MR) is 120 cm³/mol. The number of ether oxygens (including phenoxy) is 4. The van der Waals surface area contributed by atoms with Crippen molar-refractivity contribution in [3.8, 4) is 17.2 Å². The van der Waals surface area contributed by atoms with Crippen molar-refractivity contribution in [1.29, 1.82) is 0 Å². The molecule has 3 atom stereocenters. The standard InChI is InChI=1S/C25H38N2O4/c1-4-26(5-2)19-8-6-18(7-9-19)24-17(3)25(27-10-12-28-13-11-27)31-21-15-23-22(14-20(21)24)29-16-30-23/h14-15,17-19,24-25H,4-13,16H2,1-3H3/t17-,18?,19?,24-,25-/m1/s1. The minimum Gasteiger partial charge on any atom is -0.474 e. The summed E-state index contributed by atoms with van der Waals surface area (Å²) < 4.78 is 23.7. The smallest absolute Gasteiger partial charge is 0.231 e. The molecule has 6 heteroatoms. The average molecular weight is 431 g/mol. The molecule has 0 radical (unpaired) electrons. The highest BCUT2D eigenvalue weighted by Gasteiger charge is 2.44. The molecule has 0 amide bonds. The van der Waals surface area contributed by atoms with Crippen molar-refractivity contribution < 1.29 is 18.9 Å². The molecule has 0 aromatic heterocycles. The van der Waals surface area contributed by atoms with Gasteiger partial charge in [-0.15, -0.1) is 0 Å². The first-order valence-electron chi connectivity index (χ1n) is 12.4. The van der Waals surface area contributed by atoms with E-state index in [9.17, 15) is 0 Å². The number of rotatable bonds is 5. The number of hydrogen-bond acceptors (Lipinski definition) is 6. The van der Waals surface area contributed by atoms with Crippen LogP contribution in [0.3, 0.4) is 0 Å². The summed E-state index contributed by atoms with van der Waals surface area (Å²) >= 11 is 0. The molecule has 0 unspecified atom stereocenters. The van der Waals surface area contributed by atoms with E-state index in [2.05, 4.69) is 42.7 Å². The zero-order chi connectivity index (χ0) is 21.4. The van der Waals surface area contributed by atoms with Gasteiger partial charge in [-0.1, -0.05) is 20.8 Å². The van der Waals surface area contributed by atoms with Gasteiger partial charge in [0.25, 0.3) is 0 Å². The van der Waals surface area contributed by atoms with Crippen LogP contribution in [0.25, 0.3) is 0 Å². The SMILES string of the molecule is CCN(CC)C1CCC([C@@H]2c3cc4c(cc3O[C@@H](N3CCOCC3)[C@@H]2C)OCO4)CC1. The minimum atomic E-state index is 0.0993. The van der Waals surface area contributed by atoms with Crippen LogP contribution in [0.4, 0.5) is 0 Å². The maximum absolute atomic E-state index is 6.65. The summed E-state index contributed by atoms with van der Waals surface area (Å²) in [5.74, 6) is 4.30. The molecule has 6 nitrogen and oxygen atoms in total. The zero-order valence-electron chi connectivity index (χ0n) is 19.3. The topological polar surface area (TPSA) is 43.4 Å². The van der Waals surface area contributed by atoms with Crippen molar-refractivity contribution in [2.45, 2.75) is 64.6 Å². The van der Waals surface area contributed by atoms with Crippen molar-refractivity contribution in [2.75, 3.05) is 46.2 Å². The van der Waals surface area contributed by atoms with Gasteiger partial charge in [-0.05, 0) is 56.7 Å². The Bertz CT molecular complexity index is 754. The number of nitrogens with zero attached hydrogens (tertiary/aromatic N) is 2. The summed E-state index contributed by atoms with van der Waals surface area (Å²) in [6.45, 7) is 13.1. The Morgan fingerprint density at radius 1 is 0.935 bits per heavy atom. The molecule has 3 heterocycles. The van der Waals surface area contributed by atoms with Crippen LogP contribution in [-0.4, -0.2) is 68.3 Å². The molecule has 172 valence electrons. The molecule has 4 aliphatic rings. The third-order valence-corrected chi connectivity index (χ3v) is 8.11. The Hall–Kier alpha value is -1.50. The minimum absolute atomic E-state index is 0.0993. The Morgan fingerprint density at radius 3 is 2.29 bits per heavy atom. The van der Waals surface area contributed by atoms with Gasteiger partial charge in [0.2, 0.25) is 6.79 Å². The molecule has 1 aromatic rings. The highest BCUT2D eigenvalue weighted by molar-refractivity contribution is 5.54. The second-order valence-corrected chi connectivity index (χ2v) is 9.57. The summed E-state index contributed by atoms with van der Waals surface area (Å²) in [6, 6.07) is 5.03. The fraction of sp³-hybridized carbons (Fsp3) is 0.760. The molecule has 1 aromatic carbocycles. The fourth-order valence-corrected chi connectivity index (χ4v) is 6.49. The number of morpholine rings is 1. The summed E-state index contributed by atoms with van der Waals surface area (Å²) in [6.07, 6.45) is 5.29. The van der Waals surface area contributed by atoms with Crippen LogP contribution in [0.5, 0.6) is 17.2 Å². The first-order valence-corrected chi connectivity index (χ1v) is 12.4. The molecular formula is C25H38N2O4. The summed E-state index contributed by atoms with van der Waals surface area (Å²) in [5, 5.41) is 0. The van der Waals surface area contributed by atoms with Crippen LogP contribution in [0.2, 0.25) is 0 Å². The van der Waals surface area contributed by atoms with E-state index >= 15 is 0 Å². The average Bonchev–Trinajstić information content (AvgIpc) is 3.27. The van der Waals surface area contributed by atoms with Crippen molar-refractivity contribution in [1.82, 2.24) is 9.80 Å². The normalized spacial score (nSPS) is 33.2.